The zero-order valence-corrected chi connectivity index (χ0v) is 15.3. The fraction of sp³-hybridized carbons (Fsp3) is 0.579. The summed E-state index contributed by atoms with van der Waals surface area (Å²) in [6.45, 7) is 6.91. The van der Waals surface area contributed by atoms with E-state index in [2.05, 4.69) is 13.8 Å². The molecule has 136 valence electrons. The normalized spacial score (nSPS) is 22.5. The number of hydrogen-bond acceptors (Lipinski definition) is 4. The summed E-state index contributed by atoms with van der Waals surface area (Å²) in [7, 11) is 3.12. The maximum atomic E-state index is 12.9. The van der Waals surface area contributed by atoms with Crippen LogP contribution in [0.5, 0.6) is 11.5 Å². The number of carbonyl (C=O) groups is 2. The highest BCUT2D eigenvalue weighted by Crippen LogP contribution is 2.34. The Morgan fingerprint density at radius 2 is 1.96 bits per heavy atom. The van der Waals surface area contributed by atoms with Crippen LogP contribution in [0.3, 0.4) is 0 Å². The molecule has 2 saturated heterocycles. The topological polar surface area (TPSA) is 59.1 Å². The molecule has 0 bridgehead atoms. The van der Waals surface area contributed by atoms with Gasteiger partial charge in [0.1, 0.15) is 11.5 Å². The van der Waals surface area contributed by atoms with Crippen LogP contribution in [-0.2, 0) is 4.79 Å². The molecule has 2 atom stereocenters. The first-order valence-corrected chi connectivity index (χ1v) is 8.74. The SMILES string of the molecule is COc1ccc(C(=O)N2C[C@H]3CN(CC(C)C)C(=O)[C@H]3C2)c(OC)c1. The first-order chi connectivity index (χ1) is 11.9. The van der Waals surface area contributed by atoms with Crippen LogP contribution in [0.15, 0.2) is 18.2 Å². The van der Waals surface area contributed by atoms with Gasteiger partial charge in [-0.1, -0.05) is 13.8 Å². The minimum absolute atomic E-state index is 0.0630. The number of hydrogen-bond donors (Lipinski definition) is 0. The van der Waals surface area contributed by atoms with Crippen molar-refractivity contribution in [3.63, 3.8) is 0 Å². The van der Waals surface area contributed by atoms with E-state index in [-0.39, 0.29) is 23.7 Å². The first-order valence-electron chi connectivity index (χ1n) is 8.74. The molecular weight excluding hydrogens is 320 g/mol. The highest BCUT2D eigenvalue weighted by atomic mass is 16.5. The van der Waals surface area contributed by atoms with Crippen molar-refractivity contribution in [3.8, 4) is 11.5 Å². The zero-order valence-electron chi connectivity index (χ0n) is 15.3. The Balaban J connectivity index is 1.72. The van der Waals surface area contributed by atoms with Gasteiger partial charge in [0.05, 0.1) is 25.7 Å². The van der Waals surface area contributed by atoms with E-state index in [4.69, 9.17) is 9.47 Å². The predicted octanol–water partition coefficient (Wildman–Crippen LogP) is 1.89. The molecule has 0 saturated carbocycles. The van der Waals surface area contributed by atoms with Gasteiger partial charge in [-0.25, -0.2) is 0 Å². The summed E-state index contributed by atoms with van der Waals surface area (Å²) in [5.74, 6) is 1.88. The molecule has 1 aromatic carbocycles. The molecule has 0 N–H and O–H groups in total. The highest BCUT2D eigenvalue weighted by molar-refractivity contribution is 5.98. The Kier molecular flexibility index (Phi) is 4.88. The van der Waals surface area contributed by atoms with E-state index >= 15 is 0 Å². The summed E-state index contributed by atoms with van der Waals surface area (Å²) in [4.78, 5) is 29.2. The van der Waals surface area contributed by atoms with Crippen LogP contribution >= 0.6 is 0 Å². The van der Waals surface area contributed by atoms with E-state index in [0.29, 0.717) is 36.1 Å². The van der Waals surface area contributed by atoms with Crippen molar-refractivity contribution in [2.24, 2.45) is 17.8 Å². The summed E-state index contributed by atoms with van der Waals surface area (Å²) in [6, 6.07) is 5.18. The van der Waals surface area contributed by atoms with E-state index in [9.17, 15) is 9.59 Å². The van der Waals surface area contributed by atoms with Crippen molar-refractivity contribution in [2.75, 3.05) is 40.4 Å². The lowest BCUT2D eigenvalue weighted by molar-refractivity contribution is -0.131. The van der Waals surface area contributed by atoms with E-state index in [0.717, 1.165) is 13.1 Å². The summed E-state index contributed by atoms with van der Waals surface area (Å²) < 4.78 is 10.5. The van der Waals surface area contributed by atoms with Gasteiger partial charge in [-0.15, -0.1) is 0 Å². The number of fused-ring (bicyclic) bond motifs is 1. The highest BCUT2D eigenvalue weighted by Gasteiger charge is 2.47. The van der Waals surface area contributed by atoms with Crippen LogP contribution in [-0.4, -0.2) is 62.0 Å². The van der Waals surface area contributed by atoms with E-state index in [1.807, 2.05) is 4.90 Å². The number of nitrogens with zero attached hydrogens (tertiary/aromatic N) is 2. The fourth-order valence-electron chi connectivity index (χ4n) is 3.86. The molecule has 1 aromatic rings. The van der Waals surface area contributed by atoms with Gasteiger partial charge in [-0.05, 0) is 18.1 Å². The smallest absolute Gasteiger partial charge is 0.257 e. The average Bonchev–Trinajstić information content (AvgIpc) is 3.13. The van der Waals surface area contributed by atoms with Gasteiger partial charge >= 0.3 is 0 Å². The summed E-state index contributed by atoms with van der Waals surface area (Å²) >= 11 is 0. The minimum atomic E-state index is -0.0860. The molecule has 2 aliphatic heterocycles. The number of benzene rings is 1. The van der Waals surface area contributed by atoms with Crippen LogP contribution < -0.4 is 9.47 Å². The largest absolute Gasteiger partial charge is 0.497 e. The van der Waals surface area contributed by atoms with Crippen molar-refractivity contribution < 1.29 is 19.1 Å². The Morgan fingerprint density at radius 1 is 1.20 bits per heavy atom. The number of ether oxygens (including phenoxy) is 2. The molecule has 6 heteroatoms. The van der Waals surface area contributed by atoms with Crippen LogP contribution in [0, 0.1) is 17.8 Å². The van der Waals surface area contributed by atoms with Crippen LogP contribution in [0.25, 0.3) is 0 Å². The molecular formula is C19H26N2O4. The molecule has 0 spiro atoms. The van der Waals surface area contributed by atoms with Crippen molar-refractivity contribution in [3.05, 3.63) is 23.8 Å². The molecule has 0 radical (unpaired) electrons. The number of amides is 2. The standard InChI is InChI=1S/C19H26N2O4/c1-12(2)8-20-9-13-10-21(11-16(13)19(20)23)18(22)15-6-5-14(24-3)7-17(15)25-4/h5-7,12-13,16H,8-11H2,1-4H3/t13-,16+/m1/s1. The molecule has 2 amide bonds. The van der Waals surface area contributed by atoms with E-state index < -0.39 is 0 Å². The van der Waals surface area contributed by atoms with Crippen LogP contribution in [0.1, 0.15) is 24.2 Å². The zero-order chi connectivity index (χ0) is 18.1. The van der Waals surface area contributed by atoms with Crippen molar-refractivity contribution in [1.82, 2.24) is 9.80 Å². The monoisotopic (exact) mass is 346 g/mol. The van der Waals surface area contributed by atoms with Gasteiger partial charge in [-0.3, -0.25) is 9.59 Å². The molecule has 2 fully saturated rings. The van der Waals surface area contributed by atoms with Crippen LogP contribution in [0.4, 0.5) is 0 Å². The van der Waals surface area contributed by atoms with Gasteiger partial charge in [0.25, 0.3) is 5.91 Å². The van der Waals surface area contributed by atoms with Gasteiger partial charge < -0.3 is 19.3 Å². The lowest BCUT2D eigenvalue weighted by Gasteiger charge is -2.23. The number of carbonyl (C=O) groups excluding carboxylic acids is 2. The lowest BCUT2D eigenvalue weighted by Crippen LogP contribution is -2.37. The van der Waals surface area contributed by atoms with Gasteiger partial charge in [0.2, 0.25) is 5.91 Å². The third kappa shape index (κ3) is 3.30. The second-order valence-corrected chi connectivity index (χ2v) is 7.28. The molecule has 25 heavy (non-hydrogen) atoms. The third-order valence-corrected chi connectivity index (χ3v) is 5.04. The molecule has 0 aromatic heterocycles. The van der Waals surface area contributed by atoms with Crippen molar-refractivity contribution >= 4 is 11.8 Å². The Bertz CT molecular complexity index is 673. The minimum Gasteiger partial charge on any atom is -0.497 e. The van der Waals surface area contributed by atoms with Gasteiger partial charge in [0.15, 0.2) is 0 Å². The quantitative estimate of drug-likeness (QED) is 0.817. The first kappa shape index (κ1) is 17.6. The lowest BCUT2D eigenvalue weighted by atomic mass is 10.0. The molecule has 2 aliphatic rings. The molecule has 0 aliphatic carbocycles. The summed E-state index contributed by atoms with van der Waals surface area (Å²) in [6.07, 6.45) is 0. The fourth-order valence-corrected chi connectivity index (χ4v) is 3.86. The number of rotatable bonds is 5. The van der Waals surface area contributed by atoms with Crippen molar-refractivity contribution in [2.45, 2.75) is 13.8 Å². The predicted molar refractivity (Wildman–Crippen MR) is 93.8 cm³/mol. The van der Waals surface area contributed by atoms with Crippen LogP contribution in [0.2, 0.25) is 0 Å². The second kappa shape index (κ2) is 6.94. The number of likely N-dealkylation sites (tertiary alicyclic amines) is 2. The molecule has 3 rings (SSSR count). The Morgan fingerprint density at radius 3 is 2.56 bits per heavy atom. The van der Waals surface area contributed by atoms with Gasteiger partial charge in [0, 0.05) is 38.2 Å². The number of methoxy groups -OCH3 is 2. The van der Waals surface area contributed by atoms with Crippen molar-refractivity contribution in [1.29, 1.82) is 0 Å². The summed E-state index contributed by atoms with van der Waals surface area (Å²) in [5, 5.41) is 0. The Hall–Kier alpha value is -2.24. The molecule has 0 unspecified atom stereocenters. The maximum Gasteiger partial charge on any atom is 0.257 e. The molecule has 2 heterocycles. The van der Waals surface area contributed by atoms with E-state index in [1.54, 1.807) is 30.2 Å². The summed E-state index contributed by atoms with van der Waals surface area (Å²) in [5.41, 5.74) is 0.509. The van der Waals surface area contributed by atoms with Gasteiger partial charge in [-0.2, -0.15) is 0 Å². The average molecular weight is 346 g/mol. The molecule has 6 nitrogen and oxygen atoms in total. The second-order valence-electron chi connectivity index (χ2n) is 7.28. The maximum absolute atomic E-state index is 12.9. The third-order valence-electron chi connectivity index (χ3n) is 5.04. The van der Waals surface area contributed by atoms with E-state index in [1.165, 1.54) is 7.11 Å². The Labute approximate surface area is 148 Å².